The highest BCUT2D eigenvalue weighted by Crippen LogP contribution is 2.65. The maximum atomic E-state index is 9.65. The van der Waals surface area contributed by atoms with E-state index in [4.69, 9.17) is 16.3 Å². The van der Waals surface area contributed by atoms with Crippen molar-refractivity contribution in [3.8, 4) is 5.75 Å². The van der Waals surface area contributed by atoms with Gasteiger partial charge in [0, 0.05) is 16.0 Å². The van der Waals surface area contributed by atoms with E-state index < -0.39 is 0 Å². The zero-order valence-corrected chi connectivity index (χ0v) is 10.6. The first-order valence-electron chi connectivity index (χ1n) is 5.42. The Morgan fingerprint density at radius 2 is 2.06 bits per heavy atom. The zero-order valence-electron chi connectivity index (χ0n) is 9.88. The molecule has 1 saturated carbocycles. The normalized spacial score (nSPS) is 26.6. The lowest BCUT2D eigenvalue weighted by Crippen LogP contribution is -2.20. The topological polar surface area (TPSA) is 29.5 Å². The third kappa shape index (κ3) is 1.52. The highest BCUT2D eigenvalue weighted by atomic mass is 35.5. The Labute approximate surface area is 101 Å². The van der Waals surface area contributed by atoms with Gasteiger partial charge in [0.05, 0.1) is 13.7 Å². The SMILES string of the molecule is COc1cc(Cl)ccc1C1(CO)CC1(C)C. The minimum Gasteiger partial charge on any atom is -0.496 e. The predicted molar refractivity (Wildman–Crippen MR) is 65.2 cm³/mol. The van der Waals surface area contributed by atoms with Crippen molar-refractivity contribution < 1.29 is 9.84 Å². The van der Waals surface area contributed by atoms with Crippen molar-refractivity contribution in [2.75, 3.05) is 13.7 Å². The Morgan fingerprint density at radius 1 is 1.44 bits per heavy atom. The highest BCUT2D eigenvalue weighted by molar-refractivity contribution is 6.30. The van der Waals surface area contributed by atoms with Gasteiger partial charge >= 0.3 is 0 Å². The molecule has 2 nitrogen and oxygen atoms in total. The Balaban J connectivity index is 2.48. The van der Waals surface area contributed by atoms with Crippen molar-refractivity contribution in [3.63, 3.8) is 0 Å². The van der Waals surface area contributed by atoms with Crippen molar-refractivity contribution in [2.24, 2.45) is 5.41 Å². The number of ether oxygens (including phenoxy) is 1. The van der Waals surface area contributed by atoms with Gasteiger partial charge in [-0.3, -0.25) is 0 Å². The second-order valence-electron chi connectivity index (χ2n) is 5.15. The summed E-state index contributed by atoms with van der Waals surface area (Å²) in [6.45, 7) is 4.48. The van der Waals surface area contributed by atoms with Gasteiger partial charge in [-0.2, -0.15) is 0 Å². The Hall–Kier alpha value is -0.730. The van der Waals surface area contributed by atoms with E-state index >= 15 is 0 Å². The van der Waals surface area contributed by atoms with Crippen LogP contribution in [0.5, 0.6) is 5.75 Å². The van der Waals surface area contributed by atoms with Crippen LogP contribution in [0.3, 0.4) is 0 Å². The van der Waals surface area contributed by atoms with Crippen LogP contribution in [0.2, 0.25) is 5.02 Å². The number of hydrogen-bond donors (Lipinski definition) is 1. The summed E-state index contributed by atoms with van der Waals surface area (Å²) in [7, 11) is 1.63. The maximum absolute atomic E-state index is 9.65. The molecule has 1 aromatic carbocycles. The van der Waals surface area contributed by atoms with Gasteiger partial charge in [-0.15, -0.1) is 0 Å². The first-order chi connectivity index (χ1) is 7.47. The molecule has 0 heterocycles. The lowest BCUT2D eigenvalue weighted by Gasteiger charge is -2.21. The van der Waals surface area contributed by atoms with Crippen LogP contribution in [-0.2, 0) is 5.41 Å². The van der Waals surface area contributed by atoms with Gasteiger partial charge in [-0.1, -0.05) is 31.5 Å². The van der Waals surface area contributed by atoms with Gasteiger partial charge < -0.3 is 9.84 Å². The van der Waals surface area contributed by atoms with Gasteiger partial charge in [0.1, 0.15) is 5.75 Å². The number of benzene rings is 1. The standard InChI is InChI=1S/C13H17ClO2/c1-12(2)7-13(12,8-15)10-5-4-9(14)6-11(10)16-3/h4-6,15H,7-8H2,1-3H3. The van der Waals surface area contributed by atoms with E-state index in [0.717, 1.165) is 17.7 Å². The number of methoxy groups -OCH3 is 1. The Kier molecular flexibility index (Phi) is 2.67. The highest BCUT2D eigenvalue weighted by Gasteiger charge is 2.62. The quantitative estimate of drug-likeness (QED) is 0.880. The van der Waals surface area contributed by atoms with Crippen LogP contribution in [0.4, 0.5) is 0 Å². The minimum atomic E-state index is -0.164. The number of aliphatic hydroxyl groups is 1. The molecule has 0 amide bonds. The molecule has 0 aromatic heterocycles. The van der Waals surface area contributed by atoms with E-state index in [1.54, 1.807) is 7.11 Å². The Morgan fingerprint density at radius 3 is 2.50 bits per heavy atom. The predicted octanol–water partition coefficient (Wildman–Crippen LogP) is 3.01. The molecule has 0 saturated heterocycles. The maximum Gasteiger partial charge on any atom is 0.124 e. The number of aliphatic hydroxyl groups excluding tert-OH is 1. The van der Waals surface area contributed by atoms with Crippen molar-refractivity contribution >= 4 is 11.6 Å². The van der Waals surface area contributed by atoms with Crippen LogP contribution < -0.4 is 4.74 Å². The summed E-state index contributed by atoms with van der Waals surface area (Å²) in [4.78, 5) is 0. The smallest absolute Gasteiger partial charge is 0.124 e. The molecule has 0 aliphatic heterocycles. The average molecular weight is 241 g/mol. The molecule has 1 atom stereocenters. The van der Waals surface area contributed by atoms with Gasteiger partial charge in [-0.25, -0.2) is 0 Å². The van der Waals surface area contributed by atoms with Gasteiger partial charge in [0.25, 0.3) is 0 Å². The molecule has 88 valence electrons. The van der Waals surface area contributed by atoms with Crippen molar-refractivity contribution in [2.45, 2.75) is 25.7 Å². The first kappa shape index (κ1) is 11.7. The van der Waals surface area contributed by atoms with Crippen molar-refractivity contribution in [1.29, 1.82) is 0 Å². The van der Waals surface area contributed by atoms with Crippen LogP contribution in [0.25, 0.3) is 0 Å². The van der Waals surface area contributed by atoms with Crippen LogP contribution in [0, 0.1) is 5.41 Å². The molecular formula is C13H17ClO2. The molecule has 1 fully saturated rings. The molecule has 0 spiro atoms. The molecule has 0 bridgehead atoms. The lowest BCUT2D eigenvalue weighted by atomic mass is 9.88. The largest absolute Gasteiger partial charge is 0.496 e. The molecule has 1 aliphatic rings. The minimum absolute atomic E-state index is 0.128. The summed E-state index contributed by atoms with van der Waals surface area (Å²) in [5, 5.41) is 10.3. The third-order valence-electron chi connectivity index (χ3n) is 3.86. The average Bonchev–Trinajstić information content (AvgIpc) is 2.82. The second kappa shape index (κ2) is 3.64. The number of rotatable bonds is 3. The summed E-state index contributed by atoms with van der Waals surface area (Å²) < 4.78 is 5.35. The van der Waals surface area contributed by atoms with Crippen LogP contribution in [0.15, 0.2) is 18.2 Å². The van der Waals surface area contributed by atoms with E-state index in [2.05, 4.69) is 13.8 Å². The van der Waals surface area contributed by atoms with Gasteiger partial charge in [0.15, 0.2) is 0 Å². The van der Waals surface area contributed by atoms with Crippen LogP contribution in [-0.4, -0.2) is 18.8 Å². The number of halogens is 1. The summed E-state index contributed by atoms with van der Waals surface area (Å²) in [6.07, 6.45) is 0.981. The van der Waals surface area contributed by atoms with Crippen LogP contribution in [0.1, 0.15) is 25.8 Å². The summed E-state index contributed by atoms with van der Waals surface area (Å²) in [5.74, 6) is 0.770. The summed E-state index contributed by atoms with van der Waals surface area (Å²) in [5.41, 5.74) is 1.03. The van der Waals surface area contributed by atoms with Crippen molar-refractivity contribution in [3.05, 3.63) is 28.8 Å². The lowest BCUT2D eigenvalue weighted by molar-refractivity contribution is 0.228. The van der Waals surface area contributed by atoms with Crippen molar-refractivity contribution in [1.82, 2.24) is 0 Å². The monoisotopic (exact) mass is 240 g/mol. The fraction of sp³-hybridized carbons (Fsp3) is 0.538. The summed E-state index contributed by atoms with van der Waals surface area (Å²) >= 11 is 5.94. The molecule has 3 heteroatoms. The molecule has 16 heavy (non-hydrogen) atoms. The molecule has 1 aliphatic carbocycles. The zero-order chi connectivity index (χ0) is 12.0. The van der Waals surface area contributed by atoms with E-state index in [9.17, 15) is 5.11 Å². The molecule has 1 aromatic rings. The second-order valence-corrected chi connectivity index (χ2v) is 5.58. The molecular weight excluding hydrogens is 224 g/mol. The van der Waals surface area contributed by atoms with E-state index in [-0.39, 0.29) is 17.4 Å². The number of hydrogen-bond acceptors (Lipinski definition) is 2. The fourth-order valence-electron chi connectivity index (χ4n) is 2.59. The fourth-order valence-corrected chi connectivity index (χ4v) is 2.75. The first-order valence-corrected chi connectivity index (χ1v) is 5.79. The van der Waals surface area contributed by atoms with Gasteiger partial charge in [0.2, 0.25) is 0 Å². The summed E-state index contributed by atoms with van der Waals surface area (Å²) in [6, 6.07) is 5.63. The molecule has 1 N–H and O–H groups in total. The van der Waals surface area contributed by atoms with Gasteiger partial charge in [-0.05, 0) is 24.0 Å². The molecule has 2 rings (SSSR count). The third-order valence-corrected chi connectivity index (χ3v) is 4.10. The van der Waals surface area contributed by atoms with E-state index in [1.165, 1.54) is 0 Å². The van der Waals surface area contributed by atoms with Crippen LogP contribution >= 0.6 is 11.6 Å². The molecule has 1 unspecified atom stereocenters. The Bertz CT molecular complexity index is 414. The molecule has 0 radical (unpaired) electrons. The van der Waals surface area contributed by atoms with E-state index in [0.29, 0.717) is 5.02 Å². The van der Waals surface area contributed by atoms with E-state index in [1.807, 2.05) is 18.2 Å².